The lowest BCUT2D eigenvalue weighted by atomic mass is 9.96. The number of nitrogens with one attached hydrogen (secondary N) is 1. The highest BCUT2D eigenvalue weighted by Crippen LogP contribution is 2.32. The zero-order valence-electron chi connectivity index (χ0n) is 17.3. The third-order valence-electron chi connectivity index (χ3n) is 5.21. The first-order valence-corrected chi connectivity index (χ1v) is 9.86. The van der Waals surface area contributed by atoms with E-state index in [1.54, 1.807) is 6.07 Å². The normalized spacial score (nSPS) is 15.2. The van der Waals surface area contributed by atoms with Crippen molar-refractivity contribution in [1.29, 1.82) is 0 Å². The summed E-state index contributed by atoms with van der Waals surface area (Å²) in [5, 5.41) is 2.67. The zero-order valence-corrected chi connectivity index (χ0v) is 17.3. The third kappa shape index (κ3) is 5.20. The van der Waals surface area contributed by atoms with E-state index < -0.39 is 11.7 Å². The zero-order chi connectivity index (χ0) is 21.9. The maximum atomic E-state index is 13.1. The topological polar surface area (TPSA) is 61.4 Å². The Kier molecular flexibility index (Phi) is 6.48. The van der Waals surface area contributed by atoms with Gasteiger partial charge in [-0.05, 0) is 31.4 Å². The molecular formula is C21H26F3N5O. The lowest BCUT2D eigenvalue weighted by molar-refractivity contribution is -0.138. The molecule has 3 rings (SSSR count). The molecule has 1 aliphatic rings. The van der Waals surface area contributed by atoms with Crippen molar-refractivity contribution >= 4 is 17.7 Å². The second-order valence-corrected chi connectivity index (χ2v) is 7.70. The van der Waals surface area contributed by atoms with Crippen molar-refractivity contribution in [2.75, 3.05) is 37.0 Å². The van der Waals surface area contributed by atoms with Crippen LogP contribution in [0.1, 0.15) is 29.7 Å². The van der Waals surface area contributed by atoms with Gasteiger partial charge in [0.25, 0.3) is 0 Å². The van der Waals surface area contributed by atoms with Crippen LogP contribution in [-0.2, 0) is 17.5 Å². The van der Waals surface area contributed by atoms with Gasteiger partial charge in [-0.15, -0.1) is 0 Å². The van der Waals surface area contributed by atoms with Gasteiger partial charge in [0, 0.05) is 51.4 Å². The number of carbonyl (C=O) groups is 1. The molecule has 2 aromatic rings. The molecule has 1 aromatic heterocycles. The lowest BCUT2D eigenvalue weighted by Crippen LogP contribution is -2.41. The minimum atomic E-state index is -4.44. The van der Waals surface area contributed by atoms with Crippen molar-refractivity contribution in [2.24, 2.45) is 5.92 Å². The number of aromatic nitrogens is 2. The van der Waals surface area contributed by atoms with Crippen LogP contribution in [0.2, 0.25) is 0 Å². The van der Waals surface area contributed by atoms with Crippen LogP contribution in [0.4, 0.5) is 24.9 Å². The minimum Gasteiger partial charge on any atom is -0.363 e. The highest BCUT2D eigenvalue weighted by Gasteiger charge is 2.33. The summed E-state index contributed by atoms with van der Waals surface area (Å²) >= 11 is 0. The smallest absolute Gasteiger partial charge is 0.363 e. The Balaban J connectivity index is 1.58. The largest absolute Gasteiger partial charge is 0.416 e. The van der Waals surface area contributed by atoms with Crippen molar-refractivity contribution in [3.8, 4) is 0 Å². The second kappa shape index (κ2) is 8.89. The summed E-state index contributed by atoms with van der Waals surface area (Å²) < 4.78 is 39.3. The van der Waals surface area contributed by atoms with E-state index in [-0.39, 0.29) is 23.9 Å². The molecular weight excluding hydrogens is 395 g/mol. The number of rotatable bonds is 5. The first-order chi connectivity index (χ1) is 14.1. The van der Waals surface area contributed by atoms with Gasteiger partial charge in [-0.3, -0.25) is 4.79 Å². The summed E-state index contributed by atoms with van der Waals surface area (Å²) in [7, 11) is 3.83. The molecule has 0 atom stereocenters. The second-order valence-electron chi connectivity index (χ2n) is 7.70. The number of hydrogen-bond acceptors (Lipinski definition) is 5. The quantitative estimate of drug-likeness (QED) is 0.802. The van der Waals surface area contributed by atoms with E-state index in [1.807, 2.05) is 36.9 Å². The molecule has 1 fully saturated rings. The predicted molar refractivity (Wildman–Crippen MR) is 109 cm³/mol. The Morgan fingerprint density at radius 1 is 1.20 bits per heavy atom. The highest BCUT2D eigenvalue weighted by atomic mass is 19.4. The van der Waals surface area contributed by atoms with E-state index in [4.69, 9.17) is 0 Å². The van der Waals surface area contributed by atoms with Crippen LogP contribution in [0.5, 0.6) is 0 Å². The minimum absolute atomic E-state index is 0.0696. The molecule has 9 heteroatoms. The van der Waals surface area contributed by atoms with Gasteiger partial charge in [-0.25, -0.2) is 4.98 Å². The fourth-order valence-corrected chi connectivity index (χ4v) is 3.53. The van der Waals surface area contributed by atoms with E-state index in [0.29, 0.717) is 31.9 Å². The molecule has 6 nitrogen and oxygen atoms in total. The van der Waals surface area contributed by atoms with Crippen LogP contribution >= 0.6 is 0 Å². The maximum absolute atomic E-state index is 13.1. The summed E-state index contributed by atoms with van der Waals surface area (Å²) in [5.41, 5.74) is 0.223. The number of carbonyl (C=O) groups excluding carboxylic acids is 1. The van der Waals surface area contributed by atoms with E-state index in [1.165, 1.54) is 12.1 Å². The SMILES string of the molecule is Cc1cc(N(C)C)nc(N2CCC(C(=O)NCc3ccccc3C(F)(F)F)CC2)n1. The van der Waals surface area contributed by atoms with E-state index >= 15 is 0 Å². The number of halogens is 3. The third-order valence-corrected chi connectivity index (χ3v) is 5.21. The average Bonchev–Trinajstić information content (AvgIpc) is 2.71. The standard InChI is InChI=1S/C21H26F3N5O/c1-14-12-18(28(2)3)27-20(26-14)29-10-8-15(9-11-29)19(30)25-13-16-6-4-5-7-17(16)21(22,23)24/h4-7,12,15H,8-11,13H2,1-3H3,(H,25,30). The number of piperidine rings is 1. The number of benzene rings is 1. The molecule has 0 radical (unpaired) electrons. The fraction of sp³-hybridized carbons (Fsp3) is 0.476. The molecule has 0 bridgehead atoms. The summed E-state index contributed by atoms with van der Waals surface area (Å²) in [5.74, 6) is 1.00. The number of aryl methyl sites for hydroxylation is 1. The molecule has 1 saturated heterocycles. The van der Waals surface area contributed by atoms with E-state index in [9.17, 15) is 18.0 Å². The molecule has 0 unspecified atom stereocenters. The molecule has 1 N–H and O–H groups in total. The van der Waals surface area contributed by atoms with Gasteiger partial charge in [0.15, 0.2) is 0 Å². The van der Waals surface area contributed by atoms with Crippen molar-refractivity contribution in [2.45, 2.75) is 32.5 Å². The molecule has 1 aromatic carbocycles. The first kappa shape index (κ1) is 21.9. The molecule has 1 aliphatic heterocycles. The highest BCUT2D eigenvalue weighted by molar-refractivity contribution is 5.79. The molecule has 30 heavy (non-hydrogen) atoms. The summed E-state index contributed by atoms with van der Waals surface area (Å²) in [6.07, 6.45) is -3.24. The Morgan fingerprint density at radius 3 is 2.50 bits per heavy atom. The van der Waals surface area contributed by atoms with Crippen LogP contribution in [0.25, 0.3) is 0 Å². The first-order valence-electron chi connectivity index (χ1n) is 9.86. The maximum Gasteiger partial charge on any atom is 0.416 e. The molecule has 0 aliphatic carbocycles. The monoisotopic (exact) mass is 421 g/mol. The number of anilines is 2. The van der Waals surface area contributed by atoms with Crippen molar-refractivity contribution in [3.63, 3.8) is 0 Å². The van der Waals surface area contributed by atoms with Crippen LogP contribution in [0.15, 0.2) is 30.3 Å². The lowest BCUT2D eigenvalue weighted by Gasteiger charge is -2.32. The average molecular weight is 421 g/mol. The van der Waals surface area contributed by atoms with E-state index in [0.717, 1.165) is 17.6 Å². The van der Waals surface area contributed by atoms with Gasteiger partial charge < -0.3 is 15.1 Å². The van der Waals surface area contributed by atoms with Crippen LogP contribution in [-0.4, -0.2) is 43.1 Å². The number of nitrogens with zero attached hydrogens (tertiary/aromatic N) is 4. The Morgan fingerprint density at radius 2 is 1.87 bits per heavy atom. The number of amides is 1. The van der Waals surface area contributed by atoms with Gasteiger partial charge in [-0.2, -0.15) is 18.2 Å². The Hall–Kier alpha value is -2.84. The molecule has 2 heterocycles. The van der Waals surface area contributed by atoms with Crippen LogP contribution in [0, 0.1) is 12.8 Å². The van der Waals surface area contributed by atoms with Crippen molar-refractivity contribution in [3.05, 3.63) is 47.2 Å². The summed E-state index contributed by atoms with van der Waals surface area (Å²) in [4.78, 5) is 25.6. The molecule has 1 amide bonds. The van der Waals surface area contributed by atoms with Crippen molar-refractivity contribution < 1.29 is 18.0 Å². The number of alkyl halides is 3. The Bertz CT molecular complexity index is 892. The fourth-order valence-electron chi connectivity index (χ4n) is 3.53. The Labute approximate surface area is 174 Å². The summed E-state index contributed by atoms with van der Waals surface area (Å²) in [6, 6.07) is 7.22. The van der Waals surface area contributed by atoms with Crippen LogP contribution < -0.4 is 15.1 Å². The molecule has 162 valence electrons. The van der Waals surface area contributed by atoms with Gasteiger partial charge in [0.1, 0.15) is 5.82 Å². The predicted octanol–water partition coefficient (Wildman–Crippen LogP) is 3.40. The van der Waals surface area contributed by atoms with Gasteiger partial charge in [0.05, 0.1) is 5.56 Å². The molecule has 0 saturated carbocycles. The van der Waals surface area contributed by atoms with Crippen molar-refractivity contribution in [1.82, 2.24) is 15.3 Å². The van der Waals surface area contributed by atoms with E-state index in [2.05, 4.69) is 15.3 Å². The van der Waals surface area contributed by atoms with Gasteiger partial charge in [-0.1, -0.05) is 18.2 Å². The van der Waals surface area contributed by atoms with Gasteiger partial charge >= 0.3 is 6.18 Å². The van der Waals surface area contributed by atoms with Gasteiger partial charge in [0.2, 0.25) is 11.9 Å². The van der Waals surface area contributed by atoms with Crippen LogP contribution in [0.3, 0.4) is 0 Å². The summed E-state index contributed by atoms with van der Waals surface area (Å²) in [6.45, 7) is 3.01. The molecule has 0 spiro atoms. The number of hydrogen-bond donors (Lipinski definition) is 1.